The highest BCUT2D eigenvalue weighted by Gasteiger charge is 2.16. The van der Waals surface area contributed by atoms with E-state index in [2.05, 4.69) is 10.3 Å². The number of amides is 1. The molecule has 0 bridgehead atoms. The highest BCUT2D eigenvalue weighted by Crippen LogP contribution is 2.29. The Balaban J connectivity index is 1.88. The molecule has 1 aromatic carbocycles. The summed E-state index contributed by atoms with van der Waals surface area (Å²) < 4.78 is 7.03. The fourth-order valence-corrected chi connectivity index (χ4v) is 3.18. The van der Waals surface area contributed by atoms with Crippen molar-refractivity contribution in [2.45, 2.75) is 6.92 Å². The van der Waals surface area contributed by atoms with Crippen LogP contribution in [0.2, 0.25) is 5.02 Å². The number of aromatic nitrogens is 2. The summed E-state index contributed by atoms with van der Waals surface area (Å²) in [7, 11) is 3.37. The van der Waals surface area contributed by atoms with Crippen molar-refractivity contribution in [1.29, 1.82) is 0 Å². The molecular formula is C17H16ClN3O2S. The van der Waals surface area contributed by atoms with Crippen LogP contribution in [-0.2, 0) is 7.05 Å². The number of hydrogen-bond acceptors (Lipinski definition) is 4. The molecule has 3 aromatic rings. The van der Waals surface area contributed by atoms with Gasteiger partial charge in [-0.05, 0) is 31.2 Å². The van der Waals surface area contributed by atoms with E-state index in [1.54, 1.807) is 41.2 Å². The number of ether oxygens (including phenoxy) is 1. The molecule has 124 valence electrons. The van der Waals surface area contributed by atoms with E-state index in [0.717, 1.165) is 16.3 Å². The third kappa shape index (κ3) is 3.29. The summed E-state index contributed by atoms with van der Waals surface area (Å²) in [5, 5.41) is 6.33. The predicted molar refractivity (Wildman–Crippen MR) is 97.2 cm³/mol. The summed E-state index contributed by atoms with van der Waals surface area (Å²) in [6.45, 7) is 1.95. The van der Waals surface area contributed by atoms with Gasteiger partial charge in [-0.15, -0.1) is 11.3 Å². The van der Waals surface area contributed by atoms with E-state index in [0.29, 0.717) is 22.2 Å². The van der Waals surface area contributed by atoms with Gasteiger partial charge >= 0.3 is 0 Å². The Bertz CT molecular complexity index is 901. The number of halogens is 1. The van der Waals surface area contributed by atoms with Gasteiger partial charge in [0, 0.05) is 29.2 Å². The summed E-state index contributed by atoms with van der Waals surface area (Å²) in [5.41, 5.74) is 2.83. The molecule has 0 atom stereocenters. The van der Waals surface area contributed by atoms with Crippen molar-refractivity contribution in [2.75, 3.05) is 12.4 Å². The van der Waals surface area contributed by atoms with Crippen LogP contribution in [0.4, 0.5) is 5.69 Å². The molecule has 0 saturated heterocycles. The normalized spacial score (nSPS) is 10.7. The molecule has 7 heteroatoms. The van der Waals surface area contributed by atoms with Crippen molar-refractivity contribution in [3.63, 3.8) is 0 Å². The summed E-state index contributed by atoms with van der Waals surface area (Å²) in [6.07, 6.45) is 1.89. The summed E-state index contributed by atoms with van der Waals surface area (Å²) in [4.78, 5) is 17.1. The smallest absolute Gasteiger partial charge is 0.272 e. The van der Waals surface area contributed by atoms with Crippen molar-refractivity contribution in [2.24, 2.45) is 7.05 Å². The van der Waals surface area contributed by atoms with Crippen LogP contribution in [0.5, 0.6) is 5.75 Å². The van der Waals surface area contributed by atoms with E-state index in [1.807, 2.05) is 31.6 Å². The van der Waals surface area contributed by atoms with Gasteiger partial charge in [0.15, 0.2) is 0 Å². The second-order valence-electron chi connectivity index (χ2n) is 5.28. The fraction of sp³-hybridized carbons (Fsp3) is 0.176. The maximum absolute atomic E-state index is 12.6. The van der Waals surface area contributed by atoms with Crippen molar-refractivity contribution in [3.8, 4) is 17.0 Å². The molecule has 0 aliphatic carbocycles. The molecule has 0 spiro atoms. The molecule has 0 unspecified atom stereocenters. The average molecular weight is 362 g/mol. The molecule has 0 radical (unpaired) electrons. The van der Waals surface area contributed by atoms with E-state index in [1.165, 1.54) is 0 Å². The highest BCUT2D eigenvalue weighted by molar-refractivity contribution is 7.09. The number of benzene rings is 1. The van der Waals surface area contributed by atoms with Crippen molar-refractivity contribution in [3.05, 3.63) is 51.6 Å². The van der Waals surface area contributed by atoms with E-state index in [-0.39, 0.29) is 5.91 Å². The van der Waals surface area contributed by atoms with Gasteiger partial charge in [0.25, 0.3) is 5.91 Å². The molecule has 1 N–H and O–H groups in total. The van der Waals surface area contributed by atoms with Crippen LogP contribution in [0.15, 0.2) is 35.8 Å². The minimum absolute atomic E-state index is 0.240. The Kier molecular flexibility index (Phi) is 4.59. The first-order valence-corrected chi connectivity index (χ1v) is 8.47. The zero-order chi connectivity index (χ0) is 17.3. The first kappa shape index (κ1) is 16.5. The summed E-state index contributed by atoms with van der Waals surface area (Å²) in [6, 6.07) is 6.90. The van der Waals surface area contributed by atoms with Crippen LogP contribution in [-0.4, -0.2) is 22.6 Å². The number of thiazole rings is 1. The Morgan fingerprint density at radius 1 is 1.38 bits per heavy atom. The van der Waals surface area contributed by atoms with Gasteiger partial charge in [0.2, 0.25) is 0 Å². The minimum atomic E-state index is -0.240. The second-order valence-corrected chi connectivity index (χ2v) is 6.77. The zero-order valence-corrected chi connectivity index (χ0v) is 15.0. The fourth-order valence-electron chi connectivity index (χ4n) is 2.39. The molecule has 1 amide bonds. The lowest BCUT2D eigenvalue weighted by molar-refractivity contribution is 0.101. The van der Waals surface area contributed by atoms with Crippen LogP contribution in [0, 0.1) is 6.92 Å². The van der Waals surface area contributed by atoms with Gasteiger partial charge in [-0.2, -0.15) is 0 Å². The molecular weight excluding hydrogens is 346 g/mol. The first-order chi connectivity index (χ1) is 11.5. The lowest BCUT2D eigenvalue weighted by atomic mass is 10.2. The topological polar surface area (TPSA) is 56.1 Å². The Hall–Kier alpha value is -2.31. The van der Waals surface area contributed by atoms with Crippen LogP contribution in [0.25, 0.3) is 11.3 Å². The predicted octanol–water partition coefficient (Wildman–Crippen LogP) is 4.37. The van der Waals surface area contributed by atoms with Crippen LogP contribution in [0.3, 0.4) is 0 Å². The third-order valence-electron chi connectivity index (χ3n) is 3.56. The Labute approximate surface area is 148 Å². The molecule has 5 nitrogen and oxygen atoms in total. The number of hydrogen-bond donors (Lipinski definition) is 1. The molecule has 0 aliphatic rings. The second kappa shape index (κ2) is 6.67. The van der Waals surface area contributed by atoms with E-state index in [9.17, 15) is 4.79 Å². The lowest BCUT2D eigenvalue weighted by Crippen LogP contribution is -2.15. The number of anilines is 1. The van der Waals surface area contributed by atoms with E-state index >= 15 is 0 Å². The number of carbonyl (C=O) groups is 1. The SMILES string of the molecule is COc1ccc(Cl)cc1NC(=O)c1cc(-c2csc(C)n2)cn1C. The zero-order valence-electron chi connectivity index (χ0n) is 13.5. The minimum Gasteiger partial charge on any atom is -0.495 e. The van der Waals surface area contributed by atoms with Crippen LogP contribution >= 0.6 is 22.9 Å². The molecule has 24 heavy (non-hydrogen) atoms. The van der Waals surface area contributed by atoms with Crippen molar-refractivity contribution >= 4 is 34.5 Å². The highest BCUT2D eigenvalue weighted by atomic mass is 35.5. The first-order valence-electron chi connectivity index (χ1n) is 7.21. The number of nitrogens with one attached hydrogen (secondary N) is 1. The van der Waals surface area contributed by atoms with Gasteiger partial charge in [0.05, 0.1) is 23.5 Å². The van der Waals surface area contributed by atoms with Gasteiger partial charge in [-0.3, -0.25) is 4.79 Å². The van der Waals surface area contributed by atoms with Gasteiger partial charge in [-0.25, -0.2) is 4.98 Å². The number of carbonyl (C=O) groups excluding carboxylic acids is 1. The van der Waals surface area contributed by atoms with Crippen LogP contribution in [0.1, 0.15) is 15.5 Å². The van der Waals surface area contributed by atoms with Gasteiger partial charge in [-0.1, -0.05) is 11.6 Å². The van der Waals surface area contributed by atoms with Gasteiger partial charge < -0.3 is 14.6 Å². The van der Waals surface area contributed by atoms with Crippen molar-refractivity contribution in [1.82, 2.24) is 9.55 Å². The molecule has 0 saturated carbocycles. The summed E-state index contributed by atoms with van der Waals surface area (Å²) >= 11 is 7.58. The standard InChI is InChI=1S/C17H16ClN3O2S/c1-10-19-14(9-24-10)11-6-15(21(2)8-11)17(22)20-13-7-12(18)4-5-16(13)23-3/h4-9H,1-3H3,(H,20,22). The van der Waals surface area contributed by atoms with Crippen molar-refractivity contribution < 1.29 is 9.53 Å². The number of aryl methyl sites for hydroxylation is 2. The Morgan fingerprint density at radius 3 is 2.83 bits per heavy atom. The quantitative estimate of drug-likeness (QED) is 0.750. The molecule has 0 fully saturated rings. The number of rotatable bonds is 4. The van der Waals surface area contributed by atoms with E-state index < -0.39 is 0 Å². The lowest BCUT2D eigenvalue weighted by Gasteiger charge is -2.10. The summed E-state index contributed by atoms with van der Waals surface area (Å²) in [5.74, 6) is 0.313. The maximum Gasteiger partial charge on any atom is 0.272 e. The number of methoxy groups -OCH3 is 1. The largest absolute Gasteiger partial charge is 0.495 e. The molecule has 2 heterocycles. The van der Waals surface area contributed by atoms with E-state index in [4.69, 9.17) is 16.3 Å². The van der Waals surface area contributed by atoms with Crippen LogP contribution < -0.4 is 10.1 Å². The Morgan fingerprint density at radius 2 is 2.17 bits per heavy atom. The molecule has 3 rings (SSSR count). The van der Waals surface area contributed by atoms with Gasteiger partial charge in [0.1, 0.15) is 11.4 Å². The average Bonchev–Trinajstić information content (AvgIpc) is 3.13. The molecule has 2 aromatic heterocycles. The maximum atomic E-state index is 12.6. The third-order valence-corrected chi connectivity index (χ3v) is 4.57. The number of nitrogens with zero attached hydrogens (tertiary/aromatic N) is 2. The monoisotopic (exact) mass is 361 g/mol. The molecule has 0 aliphatic heterocycles.